The SMILES string of the molecule is CC(=O)NCCNC(=O)NC(C)CCC(=O)O. The van der Waals surface area contributed by atoms with Crippen LogP contribution in [0.25, 0.3) is 0 Å². The summed E-state index contributed by atoms with van der Waals surface area (Å²) in [7, 11) is 0. The molecule has 1 unspecified atom stereocenters. The minimum atomic E-state index is -0.885. The van der Waals surface area contributed by atoms with Gasteiger partial charge in [-0.3, -0.25) is 9.59 Å². The predicted octanol–water partition coefficient (Wildman–Crippen LogP) is -0.325. The lowest BCUT2D eigenvalue weighted by molar-refractivity contribution is -0.137. The third kappa shape index (κ3) is 10.5. The van der Waals surface area contributed by atoms with Gasteiger partial charge in [-0.2, -0.15) is 0 Å². The number of carbonyl (C=O) groups excluding carboxylic acids is 2. The summed E-state index contributed by atoms with van der Waals surface area (Å²) >= 11 is 0. The fourth-order valence-corrected chi connectivity index (χ4v) is 1.10. The molecule has 17 heavy (non-hydrogen) atoms. The number of urea groups is 1. The van der Waals surface area contributed by atoms with Crippen LogP contribution in [0.4, 0.5) is 4.79 Å². The molecule has 98 valence electrons. The van der Waals surface area contributed by atoms with E-state index in [-0.39, 0.29) is 24.4 Å². The molecule has 0 heterocycles. The predicted molar refractivity (Wildman–Crippen MR) is 61.5 cm³/mol. The van der Waals surface area contributed by atoms with E-state index in [4.69, 9.17) is 5.11 Å². The normalized spacial score (nSPS) is 11.4. The Labute approximate surface area is 100.0 Å². The minimum Gasteiger partial charge on any atom is -0.481 e. The highest BCUT2D eigenvalue weighted by molar-refractivity contribution is 5.75. The van der Waals surface area contributed by atoms with Crippen LogP contribution in [0.2, 0.25) is 0 Å². The van der Waals surface area contributed by atoms with Crippen LogP contribution < -0.4 is 16.0 Å². The molecule has 0 fully saturated rings. The number of aliphatic carboxylic acids is 1. The molecule has 7 heteroatoms. The first-order valence-corrected chi connectivity index (χ1v) is 5.42. The van der Waals surface area contributed by atoms with E-state index in [0.717, 1.165) is 0 Å². The second-order valence-electron chi connectivity index (χ2n) is 3.72. The van der Waals surface area contributed by atoms with Crippen molar-refractivity contribution in [3.8, 4) is 0 Å². The number of hydrogen-bond acceptors (Lipinski definition) is 3. The Morgan fingerprint density at radius 3 is 2.29 bits per heavy atom. The lowest BCUT2D eigenvalue weighted by atomic mass is 10.2. The molecule has 0 bridgehead atoms. The Balaban J connectivity index is 3.57. The van der Waals surface area contributed by atoms with Gasteiger partial charge in [-0.15, -0.1) is 0 Å². The molecule has 0 saturated carbocycles. The third-order valence-electron chi connectivity index (χ3n) is 1.95. The van der Waals surface area contributed by atoms with E-state index < -0.39 is 5.97 Å². The van der Waals surface area contributed by atoms with E-state index in [0.29, 0.717) is 19.5 Å². The summed E-state index contributed by atoms with van der Waals surface area (Å²) in [4.78, 5) is 32.1. The van der Waals surface area contributed by atoms with Crippen molar-refractivity contribution in [1.29, 1.82) is 0 Å². The van der Waals surface area contributed by atoms with Gasteiger partial charge in [0.1, 0.15) is 0 Å². The molecule has 0 spiro atoms. The molecule has 4 N–H and O–H groups in total. The average molecular weight is 245 g/mol. The molecule has 0 saturated heterocycles. The van der Waals surface area contributed by atoms with Crippen LogP contribution >= 0.6 is 0 Å². The fraction of sp³-hybridized carbons (Fsp3) is 0.700. The second-order valence-corrected chi connectivity index (χ2v) is 3.72. The molecule has 0 rings (SSSR count). The summed E-state index contributed by atoms with van der Waals surface area (Å²) in [6.45, 7) is 3.83. The number of nitrogens with one attached hydrogen (secondary N) is 3. The van der Waals surface area contributed by atoms with Crippen LogP contribution in [-0.2, 0) is 9.59 Å². The smallest absolute Gasteiger partial charge is 0.315 e. The van der Waals surface area contributed by atoms with Gasteiger partial charge >= 0.3 is 12.0 Å². The lowest BCUT2D eigenvalue weighted by Crippen LogP contribution is -2.43. The summed E-state index contributed by atoms with van der Waals surface area (Å²) in [5.74, 6) is -1.04. The van der Waals surface area contributed by atoms with E-state index in [1.165, 1.54) is 6.92 Å². The maximum atomic E-state index is 11.3. The second kappa shape index (κ2) is 8.37. The number of hydrogen-bond donors (Lipinski definition) is 4. The summed E-state index contributed by atoms with van der Waals surface area (Å²) in [5, 5.41) is 16.1. The summed E-state index contributed by atoms with van der Waals surface area (Å²) in [6.07, 6.45) is 0.405. The van der Waals surface area contributed by atoms with Crippen LogP contribution in [0.5, 0.6) is 0 Å². The van der Waals surface area contributed by atoms with E-state index in [1.54, 1.807) is 6.92 Å². The highest BCUT2D eigenvalue weighted by Crippen LogP contribution is 1.95. The molecule has 7 nitrogen and oxygen atoms in total. The molecule has 0 aliphatic rings. The number of rotatable bonds is 7. The Hall–Kier alpha value is -1.79. The van der Waals surface area contributed by atoms with Gasteiger partial charge in [0.2, 0.25) is 5.91 Å². The van der Waals surface area contributed by atoms with Gasteiger partial charge in [0.15, 0.2) is 0 Å². The Morgan fingerprint density at radius 1 is 1.18 bits per heavy atom. The third-order valence-corrected chi connectivity index (χ3v) is 1.95. The molecule has 0 aromatic rings. The van der Waals surface area contributed by atoms with Crippen LogP contribution in [0.3, 0.4) is 0 Å². The summed E-state index contributed by atoms with van der Waals surface area (Å²) in [5.41, 5.74) is 0. The number of carbonyl (C=O) groups is 3. The molecule has 0 aliphatic carbocycles. The van der Waals surface area contributed by atoms with Crippen LogP contribution in [-0.4, -0.2) is 42.1 Å². The highest BCUT2D eigenvalue weighted by atomic mass is 16.4. The standard InChI is InChI=1S/C10H19N3O4/c1-7(3-4-9(15)16)13-10(17)12-6-5-11-8(2)14/h7H,3-6H2,1-2H3,(H,11,14)(H,15,16)(H2,12,13,17). The molecule has 0 radical (unpaired) electrons. The van der Waals surface area contributed by atoms with Crippen molar-refractivity contribution in [3.63, 3.8) is 0 Å². The van der Waals surface area contributed by atoms with E-state index >= 15 is 0 Å². The molecule has 0 aliphatic heterocycles. The zero-order valence-electron chi connectivity index (χ0n) is 10.1. The molecular formula is C10H19N3O4. The average Bonchev–Trinajstić information content (AvgIpc) is 2.21. The highest BCUT2D eigenvalue weighted by Gasteiger charge is 2.08. The number of amides is 3. The molecule has 3 amide bonds. The zero-order chi connectivity index (χ0) is 13.3. The van der Waals surface area contributed by atoms with Gasteiger partial charge in [0.05, 0.1) is 0 Å². The maximum absolute atomic E-state index is 11.3. The molecule has 0 aromatic carbocycles. The van der Waals surface area contributed by atoms with Gasteiger partial charge < -0.3 is 21.1 Å². The van der Waals surface area contributed by atoms with Crippen molar-refractivity contribution in [1.82, 2.24) is 16.0 Å². The van der Waals surface area contributed by atoms with E-state index in [9.17, 15) is 14.4 Å². The van der Waals surface area contributed by atoms with E-state index in [1.807, 2.05) is 0 Å². The molecule has 0 aromatic heterocycles. The van der Waals surface area contributed by atoms with Crippen molar-refractivity contribution in [3.05, 3.63) is 0 Å². The summed E-state index contributed by atoms with van der Waals surface area (Å²) < 4.78 is 0. The van der Waals surface area contributed by atoms with Crippen LogP contribution in [0.15, 0.2) is 0 Å². The zero-order valence-corrected chi connectivity index (χ0v) is 10.1. The first-order chi connectivity index (χ1) is 7.91. The summed E-state index contributed by atoms with van der Waals surface area (Å²) in [6, 6.07) is -0.569. The number of carboxylic acids is 1. The fourth-order valence-electron chi connectivity index (χ4n) is 1.10. The van der Waals surface area contributed by atoms with Gasteiger partial charge in [-0.25, -0.2) is 4.79 Å². The van der Waals surface area contributed by atoms with Crippen molar-refractivity contribution >= 4 is 17.9 Å². The Morgan fingerprint density at radius 2 is 1.76 bits per heavy atom. The quantitative estimate of drug-likeness (QED) is 0.461. The van der Waals surface area contributed by atoms with Gasteiger partial charge in [-0.1, -0.05) is 0 Å². The largest absolute Gasteiger partial charge is 0.481 e. The van der Waals surface area contributed by atoms with Crippen molar-refractivity contribution in [2.45, 2.75) is 32.7 Å². The van der Waals surface area contributed by atoms with E-state index in [2.05, 4.69) is 16.0 Å². The van der Waals surface area contributed by atoms with Crippen molar-refractivity contribution in [2.24, 2.45) is 0 Å². The lowest BCUT2D eigenvalue weighted by Gasteiger charge is -2.13. The Kier molecular flexibility index (Phi) is 7.49. The Bertz CT molecular complexity index is 281. The van der Waals surface area contributed by atoms with Gasteiger partial charge in [-0.05, 0) is 13.3 Å². The van der Waals surface area contributed by atoms with Gasteiger partial charge in [0.25, 0.3) is 0 Å². The topological polar surface area (TPSA) is 108 Å². The van der Waals surface area contributed by atoms with Crippen molar-refractivity contribution < 1.29 is 19.5 Å². The first-order valence-electron chi connectivity index (χ1n) is 5.42. The van der Waals surface area contributed by atoms with Crippen LogP contribution in [0.1, 0.15) is 26.7 Å². The molecule has 1 atom stereocenters. The molecular weight excluding hydrogens is 226 g/mol. The monoisotopic (exact) mass is 245 g/mol. The number of carboxylic acid groups (broad SMARTS) is 1. The van der Waals surface area contributed by atoms with Gasteiger partial charge in [0, 0.05) is 32.5 Å². The van der Waals surface area contributed by atoms with Crippen molar-refractivity contribution in [2.75, 3.05) is 13.1 Å². The maximum Gasteiger partial charge on any atom is 0.315 e. The van der Waals surface area contributed by atoms with Crippen LogP contribution in [0, 0.1) is 0 Å². The first kappa shape index (κ1) is 15.2. The minimum absolute atomic E-state index is 0.0212.